The van der Waals surface area contributed by atoms with E-state index in [2.05, 4.69) is 10.3 Å². The van der Waals surface area contributed by atoms with Gasteiger partial charge in [-0.3, -0.25) is 4.79 Å². The van der Waals surface area contributed by atoms with Gasteiger partial charge in [0.15, 0.2) is 17.3 Å². The third-order valence-electron chi connectivity index (χ3n) is 4.24. The topological polar surface area (TPSA) is 69.7 Å². The van der Waals surface area contributed by atoms with E-state index in [1.165, 1.54) is 27.4 Å². The third-order valence-corrected chi connectivity index (χ3v) is 4.24. The molecule has 0 saturated carbocycles. The van der Waals surface area contributed by atoms with E-state index >= 15 is 0 Å². The van der Waals surface area contributed by atoms with Crippen LogP contribution in [0.25, 0.3) is 6.08 Å². The van der Waals surface area contributed by atoms with Gasteiger partial charge in [0.1, 0.15) is 5.82 Å². The number of benzene rings is 2. The number of allylic oxidation sites excluding steroid dienone is 1. The van der Waals surface area contributed by atoms with E-state index in [-0.39, 0.29) is 5.78 Å². The number of aromatic nitrogens is 1. The summed E-state index contributed by atoms with van der Waals surface area (Å²) in [7, 11) is 4.54. The largest absolute Gasteiger partial charge is 0.493 e. The summed E-state index contributed by atoms with van der Waals surface area (Å²) < 4.78 is 15.9. The molecule has 0 aliphatic rings. The molecular weight excluding hydrogens is 368 g/mol. The molecule has 0 aliphatic heterocycles. The first kappa shape index (κ1) is 19.9. The highest BCUT2D eigenvalue weighted by Gasteiger charge is 2.15. The Balaban J connectivity index is 1.86. The molecule has 6 nitrogen and oxygen atoms in total. The van der Waals surface area contributed by atoms with Crippen LogP contribution in [0.1, 0.15) is 15.9 Å². The molecule has 3 aromatic rings. The van der Waals surface area contributed by atoms with Crippen molar-refractivity contribution in [2.24, 2.45) is 0 Å². The second kappa shape index (κ2) is 9.41. The van der Waals surface area contributed by atoms with Gasteiger partial charge >= 0.3 is 0 Å². The van der Waals surface area contributed by atoms with Crippen LogP contribution in [0.4, 0.5) is 11.5 Å². The summed E-state index contributed by atoms with van der Waals surface area (Å²) in [5.74, 6) is 1.76. The Bertz CT molecular complexity index is 991. The van der Waals surface area contributed by atoms with Crippen molar-refractivity contribution in [3.8, 4) is 17.2 Å². The lowest BCUT2D eigenvalue weighted by Crippen LogP contribution is -2.01. The highest BCUT2D eigenvalue weighted by atomic mass is 16.5. The van der Waals surface area contributed by atoms with E-state index in [4.69, 9.17) is 14.2 Å². The standard InChI is InChI=1S/C23H22N2O4/c1-27-20-14-17(15-21(28-2)22(20)29-3)19(26)12-11-16-8-7-13-24-23(16)25-18-9-5-4-6-10-18/h4-15H,1-3H3,(H,24,25)/b12-11+. The van der Waals surface area contributed by atoms with Crippen molar-refractivity contribution in [1.82, 2.24) is 4.98 Å². The first-order valence-corrected chi connectivity index (χ1v) is 8.95. The number of carbonyl (C=O) groups excluding carboxylic acids is 1. The Hall–Kier alpha value is -3.80. The van der Waals surface area contributed by atoms with Crippen LogP contribution in [-0.2, 0) is 0 Å². The second-order valence-electron chi connectivity index (χ2n) is 6.04. The van der Waals surface area contributed by atoms with Crippen LogP contribution < -0.4 is 19.5 Å². The number of hydrogen-bond donors (Lipinski definition) is 1. The van der Waals surface area contributed by atoms with Gasteiger partial charge in [0.2, 0.25) is 5.75 Å². The van der Waals surface area contributed by atoms with Crippen LogP contribution in [-0.4, -0.2) is 32.1 Å². The number of methoxy groups -OCH3 is 3. The van der Waals surface area contributed by atoms with Crippen molar-refractivity contribution in [1.29, 1.82) is 0 Å². The van der Waals surface area contributed by atoms with Crippen molar-refractivity contribution >= 4 is 23.4 Å². The Morgan fingerprint density at radius 1 is 0.931 bits per heavy atom. The average molecular weight is 390 g/mol. The zero-order valence-corrected chi connectivity index (χ0v) is 16.5. The van der Waals surface area contributed by atoms with Gasteiger partial charge in [-0.15, -0.1) is 0 Å². The summed E-state index contributed by atoms with van der Waals surface area (Å²) in [6.45, 7) is 0. The van der Waals surface area contributed by atoms with Crippen LogP contribution in [0.3, 0.4) is 0 Å². The number of para-hydroxylation sites is 1. The summed E-state index contributed by atoms with van der Waals surface area (Å²) in [6, 6.07) is 16.7. The fourth-order valence-corrected chi connectivity index (χ4v) is 2.80. The van der Waals surface area contributed by atoms with Crippen LogP contribution in [0.15, 0.2) is 66.9 Å². The van der Waals surface area contributed by atoms with Crippen molar-refractivity contribution in [2.45, 2.75) is 0 Å². The predicted octanol–water partition coefficient (Wildman–Crippen LogP) is 4.75. The molecule has 0 bridgehead atoms. The summed E-state index contributed by atoms with van der Waals surface area (Å²) >= 11 is 0. The van der Waals surface area contributed by atoms with Crippen molar-refractivity contribution in [3.63, 3.8) is 0 Å². The smallest absolute Gasteiger partial charge is 0.203 e. The first-order valence-electron chi connectivity index (χ1n) is 8.95. The van der Waals surface area contributed by atoms with Gasteiger partial charge in [-0.1, -0.05) is 18.2 Å². The monoisotopic (exact) mass is 390 g/mol. The van der Waals surface area contributed by atoms with Gasteiger partial charge in [-0.2, -0.15) is 0 Å². The lowest BCUT2D eigenvalue weighted by molar-refractivity contribution is 0.104. The predicted molar refractivity (Wildman–Crippen MR) is 113 cm³/mol. The average Bonchev–Trinajstić information content (AvgIpc) is 2.77. The minimum Gasteiger partial charge on any atom is -0.493 e. The minimum absolute atomic E-state index is 0.196. The van der Waals surface area contributed by atoms with Crippen LogP contribution >= 0.6 is 0 Å². The van der Waals surface area contributed by atoms with Crippen LogP contribution in [0.5, 0.6) is 17.2 Å². The summed E-state index contributed by atoms with van der Waals surface area (Å²) in [6.07, 6.45) is 4.92. The second-order valence-corrected chi connectivity index (χ2v) is 6.04. The number of nitrogens with zero attached hydrogens (tertiary/aromatic N) is 1. The number of carbonyl (C=O) groups is 1. The van der Waals surface area contributed by atoms with Gasteiger partial charge in [-0.05, 0) is 48.6 Å². The molecule has 0 radical (unpaired) electrons. The number of pyridine rings is 1. The fraction of sp³-hybridized carbons (Fsp3) is 0.130. The molecule has 2 aromatic carbocycles. The van der Waals surface area contributed by atoms with Gasteiger partial charge in [0, 0.05) is 23.0 Å². The zero-order chi connectivity index (χ0) is 20.6. The maximum absolute atomic E-state index is 12.7. The molecule has 0 aliphatic carbocycles. The minimum atomic E-state index is -0.196. The van der Waals surface area contributed by atoms with Gasteiger partial charge < -0.3 is 19.5 Å². The first-order chi connectivity index (χ1) is 14.2. The number of ketones is 1. The number of ether oxygens (including phenoxy) is 3. The quantitative estimate of drug-likeness (QED) is 0.442. The van der Waals surface area contributed by atoms with Crippen LogP contribution in [0, 0.1) is 0 Å². The number of hydrogen-bond acceptors (Lipinski definition) is 6. The molecule has 0 fully saturated rings. The molecule has 0 saturated heterocycles. The maximum atomic E-state index is 12.7. The van der Waals surface area contributed by atoms with Gasteiger partial charge in [0.25, 0.3) is 0 Å². The molecule has 6 heteroatoms. The van der Waals surface area contributed by atoms with E-state index < -0.39 is 0 Å². The molecule has 148 valence electrons. The number of rotatable bonds is 8. The molecule has 1 aromatic heterocycles. The normalized spacial score (nSPS) is 10.6. The summed E-state index contributed by atoms with van der Waals surface area (Å²) in [4.78, 5) is 17.1. The Morgan fingerprint density at radius 3 is 2.24 bits per heavy atom. The Morgan fingerprint density at radius 2 is 1.62 bits per heavy atom. The Kier molecular flexibility index (Phi) is 6.47. The molecule has 29 heavy (non-hydrogen) atoms. The van der Waals surface area contributed by atoms with E-state index in [9.17, 15) is 4.79 Å². The van der Waals surface area contributed by atoms with Crippen molar-refractivity contribution < 1.29 is 19.0 Å². The van der Waals surface area contributed by atoms with Gasteiger partial charge in [-0.25, -0.2) is 4.98 Å². The van der Waals surface area contributed by atoms with E-state index in [1.54, 1.807) is 24.4 Å². The highest BCUT2D eigenvalue weighted by Crippen LogP contribution is 2.38. The molecule has 0 unspecified atom stereocenters. The molecule has 0 amide bonds. The maximum Gasteiger partial charge on any atom is 0.203 e. The Labute approximate surface area is 169 Å². The zero-order valence-electron chi connectivity index (χ0n) is 16.5. The molecule has 3 rings (SSSR count). The lowest BCUT2D eigenvalue weighted by atomic mass is 10.1. The molecular formula is C23H22N2O4. The van der Waals surface area contributed by atoms with E-state index in [0.717, 1.165) is 11.3 Å². The number of anilines is 2. The molecule has 0 atom stereocenters. The van der Waals surface area contributed by atoms with Crippen LogP contribution in [0.2, 0.25) is 0 Å². The van der Waals surface area contributed by atoms with Gasteiger partial charge in [0.05, 0.1) is 21.3 Å². The third kappa shape index (κ3) is 4.73. The molecule has 1 heterocycles. The summed E-state index contributed by atoms with van der Waals surface area (Å²) in [5, 5.41) is 3.26. The highest BCUT2D eigenvalue weighted by molar-refractivity contribution is 6.07. The summed E-state index contributed by atoms with van der Waals surface area (Å²) in [5.41, 5.74) is 2.13. The molecule has 1 N–H and O–H groups in total. The number of nitrogens with one attached hydrogen (secondary N) is 1. The molecule has 0 spiro atoms. The fourth-order valence-electron chi connectivity index (χ4n) is 2.80. The van der Waals surface area contributed by atoms with E-state index in [0.29, 0.717) is 28.6 Å². The van der Waals surface area contributed by atoms with E-state index in [1.807, 2.05) is 42.5 Å². The lowest BCUT2D eigenvalue weighted by Gasteiger charge is -2.13. The van der Waals surface area contributed by atoms with Crippen molar-refractivity contribution in [2.75, 3.05) is 26.6 Å². The van der Waals surface area contributed by atoms with Crippen molar-refractivity contribution in [3.05, 3.63) is 78.0 Å². The SMILES string of the molecule is COc1cc(C(=O)/C=C/c2cccnc2Nc2ccccc2)cc(OC)c1OC.